The molecule has 0 fully saturated rings. The average Bonchev–Trinajstić information content (AvgIpc) is 2.29. The maximum absolute atomic E-state index is 5.14. The quantitative estimate of drug-likeness (QED) is 0.542. The van der Waals surface area contributed by atoms with Crippen LogP contribution in [-0.4, -0.2) is 16.2 Å². The zero-order valence-corrected chi connectivity index (χ0v) is 7.90. The number of nitrogens with zero attached hydrogens (tertiary/aromatic N) is 1. The third-order valence-corrected chi connectivity index (χ3v) is 2.17. The molecule has 2 aliphatic rings. The van der Waals surface area contributed by atoms with Crippen LogP contribution in [0.3, 0.4) is 0 Å². The molecule has 0 radical (unpaired) electrons. The Kier molecular flexibility index (Phi) is 1.66. The first kappa shape index (κ1) is 7.76. The summed E-state index contributed by atoms with van der Waals surface area (Å²) in [6.07, 6.45) is 4.23. The average molecular weight is 181 g/mol. The van der Waals surface area contributed by atoms with E-state index in [2.05, 4.69) is 29.8 Å². The number of fused-ring (bicyclic) bond motifs is 1. The van der Waals surface area contributed by atoms with Gasteiger partial charge in [-0.3, -0.25) is 5.01 Å². The fraction of sp³-hybridized carbons (Fsp3) is 0.375. The smallest absolute Gasteiger partial charge is 0.192 e. The van der Waals surface area contributed by atoms with E-state index < -0.39 is 0 Å². The van der Waals surface area contributed by atoms with Gasteiger partial charge in [0.15, 0.2) is 5.11 Å². The molecule has 0 aliphatic carbocycles. The summed E-state index contributed by atoms with van der Waals surface area (Å²) in [5, 5.41) is 5.71. The number of rotatable bonds is 0. The summed E-state index contributed by atoms with van der Waals surface area (Å²) < 4.78 is 0. The normalized spacial score (nSPS) is 27.7. The van der Waals surface area contributed by atoms with Gasteiger partial charge in [0.1, 0.15) is 0 Å². The van der Waals surface area contributed by atoms with Crippen LogP contribution in [0.25, 0.3) is 0 Å². The topological polar surface area (TPSA) is 27.3 Å². The van der Waals surface area contributed by atoms with Crippen molar-refractivity contribution in [1.29, 1.82) is 0 Å². The van der Waals surface area contributed by atoms with E-state index in [0.29, 0.717) is 6.04 Å². The third-order valence-electron chi connectivity index (χ3n) is 1.88. The van der Waals surface area contributed by atoms with Crippen molar-refractivity contribution >= 4 is 17.3 Å². The summed E-state index contributed by atoms with van der Waals surface area (Å²) in [6, 6.07) is 0.363. The Morgan fingerprint density at radius 3 is 3.08 bits per heavy atom. The highest BCUT2D eigenvalue weighted by atomic mass is 32.1. The lowest BCUT2D eigenvalue weighted by atomic mass is 10.2. The molecule has 0 aromatic heterocycles. The summed E-state index contributed by atoms with van der Waals surface area (Å²) in [7, 11) is 0. The summed E-state index contributed by atoms with van der Waals surface area (Å²) >= 11 is 5.14. The Labute approximate surface area is 77.1 Å². The number of allylic oxidation sites excluding steroid dienone is 2. The molecule has 0 bridgehead atoms. The van der Waals surface area contributed by atoms with Crippen molar-refractivity contribution < 1.29 is 0 Å². The van der Waals surface area contributed by atoms with E-state index in [1.54, 1.807) is 0 Å². The van der Waals surface area contributed by atoms with Gasteiger partial charge in [0.05, 0.1) is 5.70 Å². The molecule has 0 saturated carbocycles. The van der Waals surface area contributed by atoms with Crippen LogP contribution < -0.4 is 10.7 Å². The number of thiocarbonyl (C=S) groups is 1. The first-order chi connectivity index (χ1) is 5.66. The molecule has 0 saturated heterocycles. The lowest BCUT2D eigenvalue weighted by Crippen LogP contribution is -2.47. The molecule has 0 amide bonds. The second-order valence-corrected chi connectivity index (χ2v) is 3.49. The highest BCUT2D eigenvalue weighted by Crippen LogP contribution is 2.18. The van der Waals surface area contributed by atoms with E-state index in [1.165, 1.54) is 0 Å². The highest BCUT2D eigenvalue weighted by Gasteiger charge is 2.24. The van der Waals surface area contributed by atoms with E-state index in [9.17, 15) is 0 Å². The molecule has 12 heavy (non-hydrogen) atoms. The number of hydrogen-bond acceptors (Lipinski definition) is 2. The Morgan fingerprint density at radius 1 is 1.58 bits per heavy atom. The molecule has 0 aromatic carbocycles. The van der Waals surface area contributed by atoms with Crippen LogP contribution in [0.2, 0.25) is 0 Å². The summed E-state index contributed by atoms with van der Waals surface area (Å²) in [5.41, 5.74) is 5.46. The van der Waals surface area contributed by atoms with Crippen molar-refractivity contribution in [3.05, 3.63) is 23.5 Å². The van der Waals surface area contributed by atoms with E-state index in [1.807, 2.05) is 11.9 Å². The van der Waals surface area contributed by atoms with Crippen molar-refractivity contribution in [1.82, 2.24) is 15.8 Å². The monoisotopic (exact) mass is 181 g/mol. The van der Waals surface area contributed by atoms with Gasteiger partial charge in [-0.25, -0.2) is 5.43 Å². The first-order valence-electron chi connectivity index (χ1n) is 3.94. The third kappa shape index (κ3) is 1.13. The van der Waals surface area contributed by atoms with Gasteiger partial charge in [-0.05, 0) is 38.2 Å². The number of nitrogens with one attached hydrogen (secondary N) is 2. The van der Waals surface area contributed by atoms with Crippen LogP contribution in [0, 0.1) is 0 Å². The lowest BCUT2D eigenvalue weighted by molar-refractivity contribution is 0.391. The molecular weight excluding hydrogens is 170 g/mol. The molecule has 0 spiro atoms. The minimum absolute atomic E-state index is 0.363. The van der Waals surface area contributed by atoms with Gasteiger partial charge in [-0.2, -0.15) is 0 Å². The molecule has 2 heterocycles. The van der Waals surface area contributed by atoms with Gasteiger partial charge in [0, 0.05) is 11.7 Å². The van der Waals surface area contributed by atoms with E-state index in [4.69, 9.17) is 12.2 Å². The standard InChI is InChI=1S/C8H11N3S/c1-5-3-7-4-6(2)10-11(7)8(12)9-5/h3-4,6,10H,1-2H3,(H,9,12). The van der Waals surface area contributed by atoms with Gasteiger partial charge in [0.25, 0.3) is 0 Å². The largest absolute Gasteiger partial charge is 0.335 e. The van der Waals surface area contributed by atoms with Gasteiger partial charge < -0.3 is 5.32 Å². The first-order valence-corrected chi connectivity index (χ1v) is 4.35. The second-order valence-electron chi connectivity index (χ2n) is 3.10. The zero-order chi connectivity index (χ0) is 8.72. The summed E-state index contributed by atoms with van der Waals surface area (Å²) in [4.78, 5) is 0. The maximum Gasteiger partial charge on any atom is 0.192 e. The maximum atomic E-state index is 5.14. The molecule has 3 nitrogen and oxygen atoms in total. The summed E-state index contributed by atoms with van der Waals surface area (Å²) in [6.45, 7) is 4.10. The zero-order valence-electron chi connectivity index (χ0n) is 7.09. The minimum Gasteiger partial charge on any atom is -0.335 e. The van der Waals surface area contributed by atoms with Crippen LogP contribution in [-0.2, 0) is 0 Å². The van der Waals surface area contributed by atoms with Gasteiger partial charge in [-0.15, -0.1) is 0 Å². The molecule has 1 atom stereocenters. The molecule has 2 rings (SSSR count). The van der Waals surface area contributed by atoms with Crippen molar-refractivity contribution in [2.75, 3.05) is 0 Å². The Morgan fingerprint density at radius 2 is 2.33 bits per heavy atom. The van der Waals surface area contributed by atoms with Gasteiger partial charge in [-0.1, -0.05) is 0 Å². The molecule has 2 N–H and O–H groups in total. The molecule has 4 heteroatoms. The predicted molar refractivity (Wildman–Crippen MR) is 52.0 cm³/mol. The fourth-order valence-corrected chi connectivity index (χ4v) is 1.74. The van der Waals surface area contributed by atoms with Crippen LogP contribution in [0.1, 0.15) is 13.8 Å². The second kappa shape index (κ2) is 2.57. The predicted octanol–water partition coefficient (Wildman–Crippen LogP) is 0.871. The SMILES string of the molecule is CC1=CC2=CC(C)NN2C(=S)N1. The highest BCUT2D eigenvalue weighted by molar-refractivity contribution is 7.80. The van der Waals surface area contributed by atoms with Crippen LogP contribution in [0.4, 0.5) is 0 Å². The lowest BCUT2D eigenvalue weighted by Gasteiger charge is -2.27. The van der Waals surface area contributed by atoms with E-state index in [-0.39, 0.29) is 0 Å². The molecule has 1 unspecified atom stereocenters. The van der Waals surface area contributed by atoms with Crippen LogP contribution >= 0.6 is 12.2 Å². The Balaban J connectivity index is 2.35. The number of hydrogen-bond donors (Lipinski definition) is 2. The fourth-order valence-electron chi connectivity index (χ4n) is 1.42. The van der Waals surface area contributed by atoms with Crippen molar-refractivity contribution in [2.45, 2.75) is 19.9 Å². The van der Waals surface area contributed by atoms with Crippen LogP contribution in [0.15, 0.2) is 23.5 Å². The van der Waals surface area contributed by atoms with Gasteiger partial charge >= 0.3 is 0 Å². The Bertz CT molecular complexity index is 293. The number of hydrazine groups is 1. The van der Waals surface area contributed by atoms with E-state index in [0.717, 1.165) is 16.5 Å². The van der Waals surface area contributed by atoms with Crippen molar-refractivity contribution in [3.63, 3.8) is 0 Å². The van der Waals surface area contributed by atoms with Crippen molar-refractivity contribution in [2.24, 2.45) is 0 Å². The molecule has 64 valence electrons. The van der Waals surface area contributed by atoms with Crippen LogP contribution in [0.5, 0.6) is 0 Å². The molecule has 0 aromatic rings. The molecular formula is C8H11N3S. The van der Waals surface area contributed by atoms with Crippen molar-refractivity contribution in [3.8, 4) is 0 Å². The Hall–Kier alpha value is -0.870. The summed E-state index contributed by atoms with van der Waals surface area (Å²) in [5.74, 6) is 0. The van der Waals surface area contributed by atoms with E-state index >= 15 is 0 Å². The molecule has 2 aliphatic heterocycles. The van der Waals surface area contributed by atoms with Gasteiger partial charge in [0.2, 0.25) is 0 Å². The minimum atomic E-state index is 0.363.